The molecule has 0 saturated carbocycles. The quantitative estimate of drug-likeness (QED) is 0.634. The molecule has 3 rings (SSSR count). The first-order valence-corrected chi connectivity index (χ1v) is 10.6. The molecule has 0 saturated heterocycles. The van der Waals surface area contributed by atoms with E-state index in [1.165, 1.54) is 28.3 Å². The van der Waals surface area contributed by atoms with Crippen LogP contribution in [0.5, 0.6) is 0 Å². The van der Waals surface area contributed by atoms with E-state index in [1.807, 2.05) is 13.8 Å². The molecule has 0 fully saturated rings. The van der Waals surface area contributed by atoms with Crippen molar-refractivity contribution >= 4 is 34.2 Å². The van der Waals surface area contributed by atoms with Crippen molar-refractivity contribution in [2.24, 2.45) is 0 Å². The SMILES string of the molecule is CCC(C)OC(=O)c1c(NC(=O)c2ccnn2CCC(=O)O)sc2c1CCCC2. The number of carbonyl (C=O) groups is 3. The van der Waals surface area contributed by atoms with Crippen molar-refractivity contribution in [2.75, 3.05) is 5.32 Å². The van der Waals surface area contributed by atoms with Gasteiger partial charge in [-0.2, -0.15) is 5.10 Å². The molecule has 0 aliphatic heterocycles. The van der Waals surface area contributed by atoms with E-state index in [0.29, 0.717) is 17.0 Å². The van der Waals surface area contributed by atoms with Gasteiger partial charge in [-0.3, -0.25) is 14.3 Å². The van der Waals surface area contributed by atoms with E-state index in [-0.39, 0.29) is 24.8 Å². The molecule has 9 heteroatoms. The maximum atomic E-state index is 12.8. The number of carboxylic acid groups (broad SMARTS) is 1. The number of carboxylic acids is 1. The van der Waals surface area contributed by atoms with E-state index in [0.717, 1.165) is 36.1 Å². The third kappa shape index (κ3) is 4.84. The molecule has 0 radical (unpaired) electrons. The zero-order chi connectivity index (χ0) is 21.0. The highest BCUT2D eigenvalue weighted by atomic mass is 32.1. The van der Waals surface area contributed by atoms with Crippen molar-refractivity contribution in [1.29, 1.82) is 0 Å². The Kier molecular flexibility index (Phi) is 6.68. The molecule has 1 amide bonds. The summed E-state index contributed by atoms with van der Waals surface area (Å²) >= 11 is 1.42. The molecule has 29 heavy (non-hydrogen) atoms. The van der Waals surface area contributed by atoms with E-state index in [9.17, 15) is 14.4 Å². The Labute approximate surface area is 172 Å². The van der Waals surface area contributed by atoms with Crippen molar-refractivity contribution in [2.45, 2.75) is 65.0 Å². The number of fused-ring (bicyclic) bond motifs is 1. The van der Waals surface area contributed by atoms with Crippen LogP contribution in [0, 0.1) is 0 Å². The van der Waals surface area contributed by atoms with Crippen LogP contribution in [-0.4, -0.2) is 38.8 Å². The highest BCUT2D eigenvalue weighted by Crippen LogP contribution is 2.39. The van der Waals surface area contributed by atoms with Gasteiger partial charge in [0.25, 0.3) is 5.91 Å². The highest BCUT2D eigenvalue weighted by molar-refractivity contribution is 7.17. The molecule has 0 bridgehead atoms. The molecule has 156 valence electrons. The number of nitrogens with zero attached hydrogens (tertiary/aromatic N) is 2. The number of esters is 1. The minimum atomic E-state index is -0.965. The van der Waals surface area contributed by atoms with Crippen LogP contribution in [0.2, 0.25) is 0 Å². The summed E-state index contributed by atoms with van der Waals surface area (Å²) in [5.41, 5.74) is 1.68. The molecule has 1 aliphatic rings. The van der Waals surface area contributed by atoms with Crippen LogP contribution < -0.4 is 5.32 Å². The van der Waals surface area contributed by atoms with Crippen LogP contribution >= 0.6 is 11.3 Å². The predicted octanol–water partition coefficient (Wildman–Crippen LogP) is 3.51. The summed E-state index contributed by atoms with van der Waals surface area (Å²) in [6.07, 6.45) is 5.56. The number of hydrogen-bond donors (Lipinski definition) is 2. The average molecular weight is 420 g/mol. The Hall–Kier alpha value is -2.68. The number of rotatable bonds is 8. The van der Waals surface area contributed by atoms with Crippen molar-refractivity contribution in [3.63, 3.8) is 0 Å². The van der Waals surface area contributed by atoms with E-state index in [2.05, 4.69) is 10.4 Å². The first-order chi connectivity index (χ1) is 13.9. The monoisotopic (exact) mass is 419 g/mol. The molecule has 1 aliphatic carbocycles. The van der Waals surface area contributed by atoms with Gasteiger partial charge in [-0.05, 0) is 50.7 Å². The molecule has 0 aromatic carbocycles. The second-order valence-electron chi connectivity index (χ2n) is 7.08. The molecular weight excluding hydrogens is 394 g/mol. The Morgan fingerprint density at radius 3 is 2.83 bits per heavy atom. The first-order valence-electron chi connectivity index (χ1n) is 9.81. The largest absolute Gasteiger partial charge is 0.481 e. The number of aromatic nitrogens is 2. The summed E-state index contributed by atoms with van der Waals surface area (Å²) in [6, 6.07) is 1.53. The van der Waals surface area contributed by atoms with Gasteiger partial charge < -0.3 is 15.2 Å². The Balaban J connectivity index is 1.86. The van der Waals surface area contributed by atoms with Gasteiger partial charge in [-0.25, -0.2) is 4.79 Å². The van der Waals surface area contributed by atoms with E-state index < -0.39 is 17.8 Å². The van der Waals surface area contributed by atoms with Gasteiger partial charge in [0.15, 0.2) is 0 Å². The zero-order valence-electron chi connectivity index (χ0n) is 16.6. The number of aliphatic carboxylic acids is 1. The molecule has 0 spiro atoms. The molecule has 2 N–H and O–H groups in total. The van der Waals surface area contributed by atoms with Crippen molar-refractivity contribution in [3.8, 4) is 0 Å². The number of anilines is 1. The van der Waals surface area contributed by atoms with Gasteiger partial charge in [0.05, 0.1) is 24.6 Å². The lowest BCUT2D eigenvalue weighted by Gasteiger charge is -2.15. The topological polar surface area (TPSA) is 111 Å². The number of thiophene rings is 1. The fraction of sp³-hybridized carbons (Fsp3) is 0.500. The second-order valence-corrected chi connectivity index (χ2v) is 8.18. The maximum absolute atomic E-state index is 12.8. The summed E-state index contributed by atoms with van der Waals surface area (Å²) in [6.45, 7) is 3.88. The van der Waals surface area contributed by atoms with Gasteiger partial charge >= 0.3 is 11.9 Å². The highest BCUT2D eigenvalue weighted by Gasteiger charge is 2.28. The number of hydrogen-bond acceptors (Lipinski definition) is 6. The van der Waals surface area contributed by atoms with Crippen LogP contribution in [0.25, 0.3) is 0 Å². The number of amides is 1. The lowest BCUT2D eigenvalue weighted by molar-refractivity contribution is -0.137. The minimum absolute atomic E-state index is 0.0922. The summed E-state index contributed by atoms with van der Waals surface area (Å²) in [7, 11) is 0. The van der Waals surface area contributed by atoms with Gasteiger partial charge in [-0.15, -0.1) is 11.3 Å². The van der Waals surface area contributed by atoms with Crippen LogP contribution in [0.3, 0.4) is 0 Å². The van der Waals surface area contributed by atoms with Crippen LogP contribution in [0.1, 0.15) is 70.8 Å². The van der Waals surface area contributed by atoms with Gasteiger partial charge in [-0.1, -0.05) is 6.92 Å². The fourth-order valence-electron chi connectivity index (χ4n) is 3.27. The smallest absolute Gasteiger partial charge is 0.341 e. The third-order valence-electron chi connectivity index (χ3n) is 4.97. The molecule has 8 nitrogen and oxygen atoms in total. The lowest BCUT2D eigenvalue weighted by atomic mass is 9.95. The average Bonchev–Trinajstić information content (AvgIpc) is 3.30. The lowest BCUT2D eigenvalue weighted by Crippen LogP contribution is -2.21. The van der Waals surface area contributed by atoms with Crippen molar-refractivity contribution < 1.29 is 24.2 Å². The zero-order valence-corrected chi connectivity index (χ0v) is 17.4. The van der Waals surface area contributed by atoms with E-state index in [4.69, 9.17) is 9.84 Å². The summed E-state index contributed by atoms with van der Waals surface area (Å²) in [4.78, 5) is 37.6. The van der Waals surface area contributed by atoms with Crippen molar-refractivity contribution in [1.82, 2.24) is 9.78 Å². The van der Waals surface area contributed by atoms with Crippen LogP contribution in [0.15, 0.2) is 12.3 Å². The maximum Gasteiger partial charge on any atom is 0.341 e. The van der Waals surface area contributed by atoms with Gasteiger partial charge in [0.2, 0.25) is 0 Å². The van der Waals surface area contributed by atoms with Gasteiger partial charge in [0.1, 0.15) is 10.7 Å². The standard InChI is InChI=1S/C20H25N3O5S/c1-3-12(2)28-20(27)17-13-6-4-5-7-15(13)29-19(17)22-18(26)14-8-10-21-23(14)11-9-16(24)25/h8,10,12H,3-7,9,11H2,1-2H3,(H,22,26)(H,24,25). The molecule has 2 aromatic heterocycles. The number of aryl methyl sites for hydroxylation is 2. The summed E-state index contributed by atoms with van der Waals surface area (Å²) in [5.74, 6) is -1.80. The minimum Gasteiger partial charge on any atom is -0.481 e. The van der Waals surface area contributed by atoms with Crippen LogP contribution in [0.4, 0.5) is 5.00 Å². The normalized spacial score (nSPS) is 14.1. The molecule has 2 heterocycles. The summed E-state index contributed by atoms with van der Waals surface area (Å²) < 4.78 is 6.90. The number of carbonyl (C=O) groups excluding carboxylic acids is 2. The van der Waals surface area contributed by atoms with Crippen LogP contribution in [-0.2, 0) is 28.9 Å². The molecule has 1 unspecified atom stereocenters. The van der Waals surface area contributed by atoms with E-state index in [1.54, 1.807) is 0 Å². The van der Waals surface area contributed by atoms with Gasteiger partial charge in [0, 0.05) is 11.1 Å². The Morgan fingerprint density at radius 1 is 1.34 bits per heavy atom. The third-order valence-corrected chi connectivity index (χ3v) is 6.18. The fourth-order valence-corrected chi connectivity index (χ4v) is 4.54. The second kappa shape index (κ2) is 9.21. The number of nitrogens with one attached hydrogen (secondary N) is 1. The molecule has 2 aromatic rings. The number of ether oxygens (including phenoxy) is 1. The van der Waals surface area contributed by atoms with Crippen molar-refractivity contribution in [3.05, 3.63) is 34.0 Å². The van der Waals surface area contributed by atoms with E-state index >= 15 is 0 Å². The first kappa shape index (κ1) is 21.0. The Morgan fingerprint density at radius 2 is 2.10 bits per heavy atom. The Bertz CT molecular complexity index is 917. The summed E-state index contributed by atoms with van der Waals surface area (Å²) in [5, 5.41) is 16.2. The molecule has 1 atom stereocenters. The molecular formula is C20H25N3O5S. The predicted molar refractivity (Wildman–Crippen MR) is 109 cm³/mol.